The van der Waals surface area contributed by atoms with Gasteiger partial charge in [-0.05, 0) is 30.0 Å². The molecule has 0 bridgehead atoms. The lowest BCUT2D eigenvalue weighted by Crippen LogP contribution is -2.37. The predicted molar refractivity (Wildman–Crippen MR) is 132 cm³/mol. The van der Waals surface area contributed by atoms with Crippen LogP contribution in [-0.2, 0) is 13.0 Å². The second-order valence-corrected chi connectivity index (χ2v) is 9.19. The van der Waals surface area contributed by atoms with Crippen LogP contribution in [0.15, 0.2) is 39.0 Å². The number of anilines is 2. The van der Waals surface area contributed by atoms with Gasteiger partial charge in [-0.25, -0.2) is 14.8 Å². The van der Waals surface area contributed by atoms with Gasteiger partial charge in [-0.2, -0.15) is 0 Å². The number of thioether (sulfide) groups is 1. The van der Waals surface area contributed by atoms with Gasteiger partial charge in [0.2, 0.25) is 0 Å². The molecule has 0 saturated carbocycles. The van der Waals surface area contributed by atoms with Crippen LogP contribution in [0.1, 0.15) is 36.8 Å². The van der Waals surface area contributed by atoms with E-state index in [4.69, 9.17) is 23.1 Å². The van der Waals surface area contributed by atoms with E-state index in [2.05, 4.69) is 15.0 Å². The molecule has 3 aromatic rings. The van der Waals surface area contributed by atoms with Crippen LogP contribution < -0.4 is 22.7 Å². The number of ketones is 1. The van der Waals surface area contributed by atoms with Crippen LogP contribution >= 0.6 is 23.4 Å². The topological polar surface area (TPSA) is 150 Å². The molecule has 0 saturated heterocycles. The van der Waals surface area contributed by atoms with Gasteiger partial charge in [-0.15, -0.1) is 0 Å². The molecule has 3 rings (SSSR count). The zero-order valence-electron chi connectivity index (χ0n) is 18.5. The van der Waals surface area contributed by atoms with Crippen LogP contribution in [0.5, 0.6) is 0 Å². The smallest absolute Gasteiger partial charge is 0.329 e. The van der Waals surface area contributed by atoms with Crippen LogP contribution in [0.3, 0.4) is 0 Å². The van der Waals surface area contributed by atoms with Gasteiger partial charge in [0.25, 0.3) is 5.56 Å². The third-order valence-corrected chi connectivity index (χ3v) is 5.96. The van der Waals surface area contributed by atoms with Crippen LogP contribution in [0, 0.1) is 5.92 Å². The van der Waals surface area contributed by atoms with E-state index in [0.29, 0.717) is 22.2 Å². The summed E-state index contributed by atoms with van der Waals surface area (Å²) < 4.78 is 1.20. The molecule has 0 aliphatic rings. The van der Waals surface area contributed by atoms with E-state index in [1.165, 1.54) is 4.57 Å². The van der Waals surface area contributed by atoms with Crippen LogP contribution in [-0.4, -0.2) is 31.1 Å². The standard InChI is InChI=1S/C22H25ClN6O3S/c1-4-14-16(12-5-7-13(23)8-6-12)18(24)27-21(26-14)33-10-15(30)17-19(25)29(9-11(2)3)22(32)28-20(17)31/h5-8,11H,4,9-10,25H2,1-3H3,(H2,24,26,27)(H,28,31,32). The molecular formula is C22H25ClN6O3S. The van der Waals surface area contributed by atoms with Crippen molar-refractivity contribution in [1.29, 1.82) is 0 Å². The van der Waals surface area contributed by atoms with Crippen molar-refractivity contribution >= 4 is 40.8 Å². The van der Waals surface area contributed by atoms with E-state index in [-0.39, 0.29) is 35.4 Å². The first-order valence-corrected chi connectivity index (χ1v) is 11.7. The molecule has 5 N–H and O–H groups in total. The van der Waals surface area contributed by atoms with Crippen molar-refractivity contribution in [2.45, 2.75) is 38.9 Å². The highest BCUT2D eigenvalue weighted by Gasteiger charge is 2.21. The van der Waals surface area contributed by atoms with Gasteiger partial charge < -0.3 is 11.5 Å². The molecule has 0 aliphatic carbocycles. The van der Waals surface area contributed by atoms with Crippen molar-refractivity contribution in [3.05, 3.63) is 61.4 Å². The monoisotopic (exact) mass is 488 g/mol. The number of rotatable bonds is 8. The Morgan fingerprint density at radius 2 is 1.85 bits per heavy atom. The van der Waals surface area contributed by atoms with E-state index < -0.39 is 17.0 Å². The molecule has 0 fully saturated rings. The number of H-pyrrole nitrogens is 1. The number of nitrogen functional groups attached to an aromatic ring is 2. The van der Waals surface area contributed by atoms with Crippen molar-refractivity contribution in [3.8, 4) is 11.1 Å². The maximum Gasteiger partial charge on any atom is 0.329 e. The minimum absolute atomic E-state index is 0.0937. The molecule has 11 heteroatoms. The van der Waals surface area contributed by atoms with E-state index >= 15 is 0 Å². The third-order valence-electron chi connectivity index (χ3n) is 4.86. The summed E-state index contributed by atoms with van der Waals surface area (Å²) in [6.45, 7) is 6.02. The molecule has 2 aromatic heterocycles. The normalized spacial score (nSPS) is 11.2. The highest BCUT2D eigenvalue weighted by Crippen LogP contribution is 2.31. The number of carbonyl (C=O) groups excluding carboxylic acids is 1. The number of benzene rings is 1. The molecule has 0 spiro atoms. The number of nitrogens with one attached hydrogen (secondary N) is 1. The van der Waals surface area contributed by atoms with Gasteiger partial charge in [-0.1, -0.05) is 56.3 Å². The van der Waals surface area contributed by atoms with Crippen molar-refractivity contribution in [2.24, 2.45) is 5.92 Å². The zero-order valence-corrected chi connectivity index (χ0v) is 20.1. The fourth-order valence-electron chi connectivity index (χ4n) is 3.36. The highest BCUT2D eigenvalue weighted by molar-refractivity contribution is 7.99. The predicted octanol–water partition coefficient (Wildman–Crippen LogP) is 3.00. The first-order valence-electron chi connectivity index (χ1n) is 10.3. The Balaban J connectivity index is 1.88. The molecule has 174 valence electrons. The number of Topliss-reactive ketones (excluding diaryl/α,β-unsaturated/α-hetero) is 1. The van der Waals surface area contributed by atoms with Gasteiger partial charge in [-0.3, -0.25) is 19.1 Å². The Morgan fingerprint density at radius 3 is 2.45 bits per heavy atom. The molecule has 33 heavy (non-hydrogen) atoms. The number of hydrogen-bond donors (Lipinski definition) is 3. The van der Waals surface area contributed by atoms with Gasteiger partial charge >= 0.3 is 5.69 Å². The summed E-state index contributed by atoms with van der Waals surface area (Å²) in [6, 6.07) is 7.21. The Labute approximate surface area is 199 Å². The average molecular weight is 489 g/mol. The summed E-state index contributed by atoms with van der Waals surface area (Å²) in [5.74, 6) is -0.442. The number of aryl methyl sites for hydroxylation is 1. The lowest BCUT2D eigenvalue weighted by atomic mass is 10.0. The van der Waals surface area contributed by atoms with Crippen LogP contribution in [0.25, 0.3) is 11.1 Å². The maximum absolute atomic E-state index is 12.8. The largest absolute Gasteiger partial charge is 0.384 e. The van der Waals surface area contributed by atoms with Gasteiger partial charge in [0.15, 0.2) is 10.9 Å². The molecule has 0 aliphatic heterocycles. The molecule has 0 atom stereocenters. The fourth-order valence-corrected chi connectivity index (χ4v) is 4.23. The minimum Gasteiger partial charge on any atom is -0.384 e. The first-order chi connectivity index (χ1) is 15.6. The second-order valence-electron chi connectivity index (χ2n) is 7.81. The Kier molecular flexibility index (Phi) is 7.60. The van der Waals surface area contributed by atoms with Gasteiger partial charge in [0, 0.05) is 17.1 Å². The first kappa shape index (κ1) is 24.5. The molecule has 1 aromatic carbocycles. The number of carbonyl (C=O) groups is 1. The zero-order chi connectivity index (χ0) is 24.3. The number of aromatic nitrogens is 4. The molecule has 0 radical (unpaired) electrons. The molecule has 9 nitrogen and oxygen atoms in total. The van der Waals surface area contributed by atoms with E-state index in [1.807, 2.05) is 32.9 Å². The van der Waals surface area contributed by atoms with E-state index in [9.17, 15) is 14.4 Å². The Hall–Kier alpha value is -3.11. The summed E-state index contributed by atoms with van der Waals surface area (Å²) in [4.78, 5) is 48.3. The van der Waals surface area contributed by atoms with Crippen LogP contribution in [0.4, 0.5) is 11.6 Å². The van der Waals surface area contributed by atoms with Gasteiger partial charge in [0.1, 0.15) is 17.2 Å². The quantitative estimate of drug-likeness (QED) is 0.249. The maximum atomic E-state index is 12.8. The summed E-state index contributed by atoms with van der Waals surface area (Å²) in [5.41, 5.74) is 12.8. The molecule has 0 amide bonds. The number of nitrogens with zero attached hydrogens (tertiary/aromatic N) is 3. The summed E-state index contributed by atoms with van der Waals surface area (Å²) in [7, 11) is 0. The van der Waals surface area contributed by atoms with Crippen molar-refractivity contribution in [2.75, 3.05) is 17.2 Å². The summed E-state index contributed by atoms with van der Waals surface area (Å²) in [6.07, 6.45) is 0.596. The molecule has 2 heterocycles. The van der Waals surface area contributed by atoms with Crippen molar-refractivity contribution < 1.29 is 4.79 Å². The lowest BCUT2D eigenvalue weighted by molar-refractivity contribution is 0.102. The van der Waals surface area contributed by atoms with E-state index in [1.54, 1.807) is 12.1 Å². The second kappa shape index (κ2) is 10.2. The van der Waals surface area contributed by atoms with Crippen molar-refractivity contribution in [1.82, 2.24) is 19.5 Å². The SMILES string of the molecule is CCc1nc(SCC(=O)c2c(N)n(CC(C)C)c(=O)[nH]c2=O)nc(N)c1-c1ccc(Cl)cc1. The highest BCUT2D eigenvalue weighted by atomic mass is 35.5. The third kappa shape index (κ3) is 5.45. The summed E-state index contributed by atoms with van der Waals surface area (Å²) >= 11 is 7.02. The molecular weight excluding hydrogens is 464 g/mol. The molecule has 0 unspecified atom stereocenters. The number of nitrogens with two attached hydrogens (primary N) is 2. The van der Waals surface area contributed by atoms with Gasteiger partial charge in [0.05, 0.1) is 11.4 Å². The summed E-state index contributed by atoms with van der Waals surface area (Å²) in [5, 5.41) is 0.914. The fraction of sp³-hybridized carbons (Fsp3) is 0.318. The number of aromatic amines is 1. The van der Waals surface area contributed by atoms with E-state index in [0.717, 1.165) is 23.0 Å². The Bertz CT molecular complexity index is 1300. The lowest BCUT2D eigenvalue weighted by Gasteiger charge is -2.14. The number of halogens is 1. The van der Waals surface area contributed by atoms with Crippen LogP contribution in [0.2, 0.25) is 5.02 Å². The Morgan fingerprint density at radius 1 is 1.18 bits per heavy atom. The minimum atomic E-state index is -0.809. The number of hydrogen-bond acceptors (Lipinski definition) is 8. The average Bonchev–Trinajstić information content (AvgIpc) is 2.75. The van der Waals surface area contributed by atoms with Crippen molar-refractivity contribution in [3.63, 3.8) is 0 Å².